The van der Waals surface area contributed by atoms with Crippen molar-refractivity contribution in [2.24, 2.45) is 16.2 Å². The third kappa shape index (κ3) is 16.1. The van der Waals surface area contributed by atoms with E-state index < -0.39 is 18.6 Å². The lowest BCUT2D eigenvalue weighted by molar-refractivity contribution is -0.136. The van der Waals surface area contributed by atoms with Crippen molar-refractivity contribution in [1.29, 1.82) is 0 Å². The number of alkyl halides is 1. The molecule has 340 valence electrons. The van der Waals surface area contributed by atoms with E-state index in [-0.39, 0.29) is 19.4 Å². The van der Waals surface area contributed by atoms with Crippen molar-refractivity contribution >= 4 is 23.4 Å². The highest BCUT2D eigenvalue weighted by atomic mass is 19.1. The van der Waals surface area contributed by atoms with Gasteiger partial charge < -0.3 is 38.2 Å². The first-order valence-electron chi connectivity index (χ1n) is 21.4. The van der Waals surface area contributed by atoms with Crippen LogP contribution in [0.2, 0.25) is 0 Å². The summed E-state index contributed by atoms with van der Waals surface area (Å²) >= 11 is 0. The fourth-order valence-corrected chi connectivity index (χ4v) is 6.43. The second-order valence-corrected chi connectivity index (χ2v) is 15.3. The van der Waals surface area contributed by atoms with E-state index in [0.29, 0.717) is 80.4 Å². The van der Waals surface area contributed by atoms with Gasteiger partial charge in [-0.15, -0.1) is 0 Å². The average Bonchev–Trinajstić information content (AvgIpc) is 3.95. The van der Waals surface area contributed by atoms with E-state index in [1.807, 2.05) is 111 Å². The number of aromatic nitrogens is 2. The Morgan fingerprint density at radius 2 is 1.06 bits per heavy atom. The van der Waals surface area contributed by atoms with E-state index in [9.17, 15) is 14.0 Å². The van der Waals surface area contributed by atoms with Gasteiger partial charge in [0.2, 0.25) is 11.8 Å². The highest BCUT2D eigenvalue weighted by Crippen LogP contribution is 2.29. The molecule has 1 fully saturated rings. The summed E-state index contributed by atoms with van der Waals surface area (Å²) in [6.45, 7) is 4.38. The molecule has 0 saturated heterocycles. The van der Waals surface area contributed by atoms with E-state index in [2.05, 4.69) is 20.3 Å². The van der Waals surface area contributed by atoms with Crippen LogP contribution in [0, 0.1) is 19.8 Å². The van der Waals surface area contributed by atoms with Gasteiger partial charge in [0.25, 0.3) is 0 Å². The number of aliphatic carboxylic acids is 2. The zero-order chi connectivity index (χ0) is 45.8. The van der Waals surface area contributed by atoms with Crippen LogP contribution in [0.5, 0.6) is 11.5 Å². The van der Waals surface area contributed by atoms with Crippen LogP contribution >= 0.6 is 0 Å². The normalized spacial score (nSPS) is 12.5. The molecule has 2 heterocycles. The third-order valence-corrected chi connectivity index (χ3v) is 9.98. The Hall–Kier alpha value is -7.29. The number of halogens is 1. The van der Waals surface area contributed by atoms with E-state index >= 15 is 0 Å². The molecule has 0 radical (unpaired) electrons. The van der Waals surface area contributed by atoms with Crippen LogP contribution in [0.4, 0.5) is 4.39 Å². The highest BCUT2D eigenvalue weighted by Gasteiger charge is 2.22. The number of aryl methyl sites for hydroxylation is 2. The number of hydrogen-bond acceptors (Lipinski definition) is 12. The number of nitrogens with zero attached hydrogens (tertiary/aromatic N) is 4. The molecule has 0 aliphatic heterocycles. The van der Waals surface area contributed by atoms with Crippen molar-refractivity contribution in [1.82, 2.24) is 9.97 Å². The molecule has 65 heavy (non-hydrogen) atoms. The molecular weight excluding hydrogens is 836 g/mol. The lowest BCUT2D eigenvalue weighted by Crippen LogP contribution is -2.11. The van der Waals surface area contributed by atoms with Gasteiger partial charge in [0.1, 0.15) is 42.9 Å². The first-order chi connectivity index (χ1) is 31.6. The number of hydrogen-bond donors (Lipinski definition) is 2. The summed E-state index contributed by atoms with van der Waals surface area (Å²) in [6, 6.07) is 34.4. The molecule has 0 bridgehead atoms. The van der Waals surface area contributed by atoms with Crippen LogP contribution in [0.25, 0.3) is 22.9 Å². The van der Waals surface area contributed by atoms with Crippen molar-refractivity contribution < 1.29 is 52.2 Å². The van der Waals surface area contributed by atoms with E-state index in [1.165, 1.54) is 0 Å². The second kappa shape index (κ2) is 24.5. The summed E-state index contributed by atoms with van der Waals surface area (Å²) in [4.78, 5) is 41.4. The lowest BCUT2D eigenvalue weighted by Gasteiger charge is -2.08. The first kappa shape index (κ1) is 47.2. The fourth-order valence-electron chi connectivity index (χ4n) is 6.43. The number of rotatable bonds is 24. The zero-order valence-electron chi connectivity index (χ0n) is 36.5. The molecule has 1 aliphatic rings. The van der Waals surface area contributed by atoms with Gasteiger partial charge in [-0.2, -0.15) is 0 Å². The third-order valence-electron chi connectivity index (χ3n) is 9.98. The van der Waals surface area contributed by atoms with Crippen LogP contribution in [0.15, 0.2) is 128 Å². The van der Waals surface area contributed by atoms with E-state index in [0.717, 1.165) is 63.8 Å². The van der Waals surface area contributed by atoms with Gasteiger partial charge in [-0.3, -0.25) is 9.59 Å². The van der Waals surface area contributed by atoms with Gasteiger partial charge in [0.05, 0.1) is 48.9 Å². The Balaban J connectivity index is 0.000000216. The number of ether oxygens (including phenoxy) is 2. The standard InChI is InChI=1S/C26H28N2O5.C24H25FN2O5/c1-18-24(27-26(33-18)21-5-3-2-4-6-21)13-14-31-23-11-9-19(10-12-23)15-22(16-25(29)30)28-32-17-20-7-8-20;1-17-22(26-24(32-17)19-5-3-2-4-6-19)11-13-30-21-9-7-18(8-10-21)15-20(16-23(28)29)27-31-14-12-25/h2-6,9-12,20H,7-8,13-17H2,1H3,(H,29,30);2-10H,11-16H2,1H3,(H,28,29)/b28-22-;27-20+. The minimum Gasteiger partial charge on any atom is -0.493 e. The van der Waals surface area contributed by atoms with Crippen molar-refractivity contribution in [2.75, 3.05) is 33.1 Å². The van der Waals surface area contributed by atoms with Crippen molar-refractivity contribution in [2.45, 2.75) is 65.2 Å². The fraction of sp³-hybridized carbons (Fsp3) is 0.320. The minimum atomic E-state index is -1.02. The molecule has 14 nitrogen and oxygen atoms in total. The topological polar surface area (TPSA) is 188 Å². The maximum absolute atomic E-state index is 12.2. The van der Waals surface area contributed by atoms with Gasteiger partial charge in [-0.25, -0.2) is 14.4 Å². The predicted molar refractivity (Wildman–Crippen MR) is 242 cm³/mol. The Morgan fingerprint density at radius 3 is 1.46 bits per heavy atom. The maximum atomic E-state index is 12.2. The molecule has 0 unspecified atom stereocenters. The molecule has 1 aliphatic carbocycles. The summed E-state index contributed by atoms with van der Waals surface area (Å²) < 4.78 is 35.4. The highest BCUT2D eigenvalue weighted by molar-refractivity contribution is 5.99. The molecule has 6 aromatic rings. The second-order valence-electron chi connectivity index (χ2n) is 15.3. The molecule has 15 heteroatoms. The number of carboxylic acids is 2. The summed E-state index contributed by atoms with van der Waals surface area (Å²) in [6.07, 6.45) is 3.88. The van der Waals surface area contributed by atoms with Gasteiger partial charge in [-0.05, 0) is 92.3 Å². The predicted octanol–water partition coefficient (Wildman–Crippen LogP) is 9.70. The van der Waals surface area contributed by atoms with Gasteiger partial charge >= 0.3 is 11.9 Å². The van der Waals surface area contributed by atoms with E-state index in [1.54, 1.807) is 12.1 Å². The summed E-state index contributed by atoms with van der Waals surface area (Å²) in [5, 5.41) is 25.9. The largest absolute Gasteiger partial charge is 0.493 e. The monoisotopic (exact) mass is 888 g/mol. The van der Waals surface area contributed by atoms with Gasteiger partial charge in [-0.1, -0.05) is 71.0 Å². The molecule has 0 amide bonds. The maximum Gasteiger partial charge on any atom is 0.309 e. The number of carboxylic acid groups (broad SMARTS) is 2. The zero-order valence-corrected chi connectivity index (χ0v) is 36.5. The van der Waals surface area contributed by atoms with Crippen LogP contribution in [0.3, 0.4) is 0 Å². The Labute approximate surface area is 376 Å². The summed E-state index contributed by atoms with van der Waals surface area (Å²) in [5.41, 5.74) is 6.24. The Morgan fingerprint density at radius 1 is 0.631 bits per heavy atom. The minimum absolute atomic E-state index is 0.134. The number of oxime groups is 2. The van der Waals surface area contributed by atoms with Crippen LogP contribution in [-0.2, 0) is 44.9 Å². The summed E-state index contributed by atoms with van der Waals surface area (Å²) in [5.74, 6) is 2.83. The van der Waals surface area contributed by atoms with Crippen LogP contribution < -0.4 is 9.47 Å². The molecular formula is C50H53FN4O10. The van der Waals surface area contributed by atoms with Crippen molar-refractivity contribution in [3.8, 4) is 34.4 Å². The molecule has 2 aromatic heterocycles. The Kier molecular flexibility index (Phi) is 17.8. The number of oxazole rings is 2. The quantitative estimate of drug-likeness (QED) is 0.0333. The van der Waals surface area contributed by atoms with Crippen molar-refractivity contribution in [3.63, 3.8) is 0 Å². The molecule has 1 saturated carbocycles. The molecule has 2 N–H and O–H groups in total. The average molecular weight is 889 g/mol. The van der Waals surface area contributed by atoms with Crippen LogP contribution in [-0.4, -0.2) is 76.6 Å². The van der Waals surface area contributed by atoms with Gasteiger partial charge in [0.15, 0.2) is 0 Å². The first-order valence-corrected chi connectivity index (χ1v) is 21.4. The molecule has 7 rings (SSSR count). The lowest BCUT2D eigenvalue weighted by atomic mass is 10.1. The van der Waals surface area contributed by atoms with Crippen molar-refractivity contribution in [3.05, 3.63) is 143 Å². The molecule has 4 aromatic carbocycles. The smallest absolute Gasteiger partial charge is 0.309 e. The molecule has 0 spiro atoms. The Bertz CT molecular complexity index is 2470. The molecule has 0 atom stereocenters. The van der Waals surface area contributed by atoms with Gasteiger partial charge in [0, 0.05) is 36.8 Å². The van der Waals surface area contributed by atoms with Crippen LogP contribution in [0.1, 0.15) is 59.7 Å². The van der Waals surface area contributed by atoms with E-state index in [4.69, 9.17) is 38.2 Å². The SMILES string of the molecule is Cc1oc(-c2ccccc2)nc1CCOc1ccc(C/C(CC(=O)O)=N/OCC2CC2)cc1.Cc1oc(-c2ccccc2)nc1CCOc1ccc(C/C(CC(=O)O)=N\OCCF)cc1. The summed E-state index contributed by atoms with van der Waals surface area (Å²) in [7, 11) is 0. The number of carbonyl (C=O) groups is 2. The number of benzene rings is 4.